The van der Waals surface area contributed by atoms with Gasteiger partial charge in [0.15, 0.2) is 0 Å². The first-order chi connectivity index (χ1) is 8.18. The largest absolute Gasteiger partial charge is 0.381 e. The second-order valence-corrected chi connectivity index (χ2v) is 4.20. The van der Waals surface area contributed by atoms with E-state index in [2.05, 4.69) is 10.6 Å². The molecule has 0 bridgehead atoms. The van der Waals surface area contributed by atoms with Gasteiger partial charge in [0.1, 0.15) is 0 Å². The van der Waals surface area contributed by atoms with E-state index in [1.54, 1.807) is 0 Å². The number of rotatable bonds is 7. The molecule has 0 aromatic heterocycles. The molecule has 0 atom stereocenters. The van der Waals surface area contributed by atoms with Crippen LogP contribution in [-0.4, -0.2) is 44.2 Å². The molecule has 6 nitrogen and oxygen atoms in total. The molecule has 1 saturated heterocycles. The van der Waals surface area contributed by atoms with E-state index in [9.17, 15) is 9.59 Å². The lowest BCUT2D eigenvalue weighted by molar-refractivity contribution is -0.121. The Balaban J connectivity index is 1.98. The van der Waals surface area contributed by atoms with E-state index >= 15 is 0 Å². The zero-order chi connectivity index (χ0) is 12.5. The fraction of sp³-hybridized carbons (Fsp3) is 0.818. The van der Waals surface area contributed by atoms with E-state index in [4.69, 9.17) is 10.5 Å². The van der Waals surface area contributed by atoms with Crippen molar-refractivity contribution in [3.05, 3.63) is 0 Å². The van der Waals surface area contributed by atoms with Crippen molar-refractivity contribution in [1.29, 1.82) is 0 Å². The van der Waals surface area contributed by atoms with Gasteiger partial charge < -0.3 is 21.1 Å². The molecule has 0 saturated carbocycles. The Hall–Kier alpha value is -1.14. The van der Waals surface area contributed by atoms with Gasteiger partial charge >= 0.3 is 0 Å². The Morgan fingerprint density at radius 1 is 1.29 bits per heavy atom. The number of hydrogen-bond acceptors (Lipinski definition) is 4. The molecule has 0 aromatic carbocycles. The van der Waals surface area contributed by atoms with Crippen molar-refractivity contribution in [3.8, 4) is 0 Å². The zero-order valence-corrected chi connectivity index (χ0v) is 10.0. The molecule has 0 aromatic rings. The SMILES string of the molecule is NC(=O)CCCNCC(=O)NC1CCOCC1. The van der Waals surface area contributed by atoms with Crippen LogP contribution in [0.5, 0.6) is 0 Å². The van der Waals surface area contributed by atoms with Crippen LogP contribution in [0.25, 0.3) is 0 Å². The Morgan fingerprint density at radius 2 is 2.00 bits per heavy atom. The second-order valence-electron chi connectivity index (χ2n) is 4.20. The van der Waals surface area contributed by atoms with Crippen LogP contribution in [0.1, 0.15) is 25.7 Å². The first kappa shape index (κ1) is 13.9. The fourth-order valence-electron chi connectivity index (χ4n) is 1.71. The molecule has 4 N–H and O–H groups in total. The molecule has 98 valence electrons. The van der Waals surface area contributed by atoms with Crippen molar-refractivity contribution in [2.45, 2.75) is 31.7 Å². The summed E-state index contributed by atoms with van der Waals surface area (Å²) in [4.78, 5) is 22.0. The first-order valence-corrected chi connectivity index (χ1v) is 6.04. The summed E-state index contributed by atoms with van der Waals surface area (Å²) in [6.07, 6.45) is 2.79. The van der Waals surface area contributed by atoms with E-state index in [0.717, 1.165) is 26.1 Å². The molecule has 0 unspecified atom stereocenters. The highest BCUT2D eigenvalue weighted by molar-refractivity contribution is 5.78. The number of nitrogens with two attached hydrogens (primary N) is 1. The molecule has 1 fully saturated rings. The van der Waals surface area contributed by atoms with Crippen LogP contribution in [0, 0.1) is 0 Å². The molecule has 1 rings (SSSR count). The van der Waals surface area contributed by atoms with Crippen molar-refractivity contribution in [2.75, 3.05) is 26.3 Å². The second kappa shape index (κ2) is 8.03. The lowest BCUT2D eigenvalue weighted by Crippen LogP contribution is -2.43. The third kappa shape index (κ3) is 6.91. The van der Waals surface area contributed by atoms with Gasteiger partial charge in [0, 0.05) is 25.7 Å². The first-order valence-electron chi connectivity index (χ1n) is 6.04. The van der Waals surface area contributed by atoms with Crippen LogP contribution in [-0.2, 0) is 14.3 Å². The summed E-state index contributed by atoms with van der Waals surface area (Å²) in [7, 11) is 0. The number of carbonyl (C=O) groups is 2. The Kier molecular flexibility index (Phi) is 6.57. The summed E-state index contributed by atoms with van der Waals surface area (Å²) in [5.41, 5.74) is 5.00. The van der Waals surface area contributed by atoms with Gasteiger partial charge in [-0.1, -0.05) is 0 Å². The molecule has 2 amide bonds. The fourth-order valence-corrected chi connectivity index (χ4v) is 1.71. The average molecular weight is 243 g/mol. The highest BCUT2D eigenvalue weighted by atomic mass is 16.5. The lowest BCUT2D eigenvalue weighted by atomic mass is 10.1. The molecule has 17 heavy (non-hydrogen) atoms. The van der Waals surface area contributed by atoms with Gasteiger partial charge in [-0.05, 0) is 25.8 Å². The highest BCUT2D eigenvalue weighted by Gasteiger charge is 2.15. The average Bonchev–Trinajstić information content (AvgIpc) is 2.29. The predicted octanol–water partition coefficient (Wildman–Crippen LogP) is -0.863. The van der Waals surface area contributed by atoms with Gasteiger partial charge in [-0.2, -0.15) is 0 Å². The molecule has 1 aliphatic rings. The van der Waals surface area contributed by atoms with Crippen LogP contribution in [0.3, 0.4) is 0 Å². The van der Waals surface area contributed by atoms with Crippen LogP contribution in [0.15, 0.2) is 0 Å². The Bertz CT molecular complexity index is 252. The maximum atomic E-state index is 11.5. The summed E-state index contributed by atoms with van der Waals surface area (Å²) in [6.45, 7) is 2.36. The monoisotopic (exact) mass is 243 g/mol. The summed E-state index contributed by atoms with van der Waals surface area (Å²) < 4.78 is 5.21. The van der Waals surface area contributed by atoms with E-state index in [1.165, 1.54) is 0 Å². The van der Waals surface area contributed by atoms with Crippen LogP contribution in [0.4, 0.5) is 0 Å². The molecule has 1 aliphatic heterocycles. The molecule has 0 spiro atoms. The maximum absolute atomic E-state index is 11.5. The van der Waals surface area contributed by atoms with Crippen molar-refractivity contribution in [2.24, 2.45) is 5.73 Å². The van der Waals surface area contributed by atoms with Gasteiger partial charge in [0.25, 0.3) is 0 Å². The van der Waals surface area contributed by atoms with Gasteiger partial charge in [-0.15, -0.1) is 0 Å². The number of nitrogens with one attached hydrogen (secondary N) is 2. The molecular formula is C11H21N3O3. The number of primary amides is 1. The summed E-state index contributed by atoms with van der Waals surface area (Å²) >= 11 is 0. The summed E-state index contributed by atoms with van der Waals surface area (Å²) in [5, 5.41) is 5.92. The molecular weight excluding hydrogens is 222 g/mol. The van der Waals surface area contributed by atoms with Gasteiger partial charge in [0.2, 0.25) is 11.8 Å². The zero-order valence-electron chi connectivity index (χ0n) is 10.0. The normalized spacial score (nSPS) is 16.7. The van der Waals surface area contributed by atoms with Crippen molar-refractivity contribution in [1.82, 2.24) is 10.6 Å². The topological polar surface area (TPSA) is 93.5 Å². The third-order valence-electron chi connectivity index (χ3n) is 2.65. The minimum atomic E-state index is -0.307. The number of carbonyl (C=O) groups excluding carboxylic acids is 2. The summed E-state index contributed by atoms with van der Waals surface area (Å²) in [5.74, 6) is -0.311. The predicted molar refractivity (Wildman–Crippen MR) is 63.3 cm³/mol. The van der Waals surface area contributed by atoms with E-state index in [0.29, 0.717) is 19.4 Å². The van der Waals surface area contributed by atoms with Crippen molar-refractivity contribution < 1.29 is 14.3 Å². The maximum Gasteiger partial charge on any atom is 0.234 e. The minimum Gasteiger partial charge on any atom is -0.381 e. The van der Waals surface area contributed by atoms with E-state index < -0.39 is 0 Å². The Labute approximate surface area is 101 Å². The quantitative estimate of drug-likeness (QED) is 0.507. The number of hydrogen-bond donors (Lipinski definition) is 3. The number of ether oxygens (including phenoxy) is 1. The van der Waals surface area contributed by atoms with Gasteiger partial charge in [-0.25, -0.2) is 0 Å². The standard InChI is InChI=1S/C11H21N3O3/c12-10(15)2-1-5-13-8-11(16)14-9-3-6-17-7-4-9/h9,13H,1-8H2,(H2,12,15)(H,14,16). The van der Waals surface area contributed by atoms with Crippen molar-refractivity contribution >= 4 is 11.8 Å². The van der Waals surface area contributed by atoms with Crippen molar-refractivity contribution in [3.63, 3.8) is 0 Å². The molecule has 6 heteroatoms. The number of amides is 2. The van der Waals surface area contributed by atoms with Crippen LogP contribution < -0.4 is 16.4 Å². The van der Waals surface area contributed by atoms with Gasteiger partial charge in [0.05, 0.1) is 6.54 Å². The van der Waals surface area contributed by atoms with Crippen LogP contribution >= 0.6 is 0 Å². The minimum absolute atomic E-state index is 0.00373. The van der Waals surface area contributed by atoms with Gasteiger partial charge in [-0.3, -0.25) is 9.59 Å². The van der Waals surface area contributed by atoms with E-state index in [-0.39, 0.29) is 24.4 Å². The smallest absolute Gasteiger partial charge is 0.234 e. The third-order valence-corrected chi connectivity index (χ3v) is 2.65. The van der Waals surface area contributed by atoms with Crippen LogP contribution in [0.2, 0.25) is 0 Å². The Morgan fingerprint density at radius 3 is 2.65 bits per heavy atom. The molecule has 0 aliphatic carbocycles. The summed E-state index contributed by atoms with van der Waals surface area (Å²) in [6, 6.07) is 0.240. The molecule has 1 heterocycles. The van der Waals surface area contributed by atoms with E-state index in [1.807, 2.05) is 0 Å². The highest BCUT2D eigenvalue weighted by Crippen LogP contribution is 2.05. The lowest BCUT2D eigenvalue weighted by Gasteiger charge is -2.23. The molecule has 0 radical (unpaired) electrons.